The first-order valence-electron chi connectivity index (χ1n) is 8.01. The van der Waals surface area contributed by atoms with Crippen LogP contribution < -0.4 is 10.6 Å². The second kappa shape index (κ2) is 8.10. The molecule has 1 fully saturated rings. The van der Waals surface area contributed by atoms with Crippen molar-refractivity contribution in [2.45, 2.75) is 25.4 Å². The highest BCUT2D eigenvalue weighted by Gasteiger charge is 2.22. The van der Waals surface area contributed by atoms with E-state index in [9.17, 15) is 4.79 Å². The fourth-order valence-corrected chi connectivity index (χ4v) is 3.12. The minimum Gasteiger partial charge on any atom is -0.382 e. The molecule has 1 aliphatic heterocycles. The molecule has 24 heavy (non-hydrogen) atoms. The van der Waals surface area contributed by atoms with Crippen LogP contribution in [0.2, 0.25) is 0 Å². The molecule has 1 aliphatic rings. The number of amides is 2. The normalized spacial score (nSPS) is 15.1. The van der Waals surface area contributed by atoms with Crippen molar-refractivity contribution in [2.24, 2.45) is 0 Å². The molecule has 0 bridgehead atoms. The fraction of sp³-hybridized carbons (Fsp3) is 0.353. The van der Waals surface area contributed by atoms with Crippen LogP contribution in [0.15, 0.2) is 47.3 Å². The number of carbonyl (C=O) groups is 1. The average molecular weight is 390 g/mol. The average Bonchev–Trinajstić information content (AvgIpc) is 2.61. The van der Waals surface area contributed by atoms with Crippen LogP contribution >= 0.6 is 15.9 Å². The number of likely N-dealkylation sites (tertiary alicyclic amines) is 1. The number of piperidine rings is 1. The Hall–Kier alpha value is -2.15. The van der Waals surface area contributed by atoms with Crippen molar-refractivity contribution in [3.63, 3.8) is 0 Å². The van der Waals surface area contributed by atoms with E-state index >= 15 is 0 Å². The molecule has 0 unspecified atom stereocenters. The molecule has 0 atom stereocenters. The highest BCUT2D eigenvalue weighted by atomic mass is 79.9. The summed E-state index contributed by atoms with van der Waals surface area (Å²) in [7, 11) is 0. The van der Waals surface area contributed by atoms with Gasteiger partial charge in [0.05, 0.1) is 12.2 Å². The molecule has 2 N–H and O–H groups in total. The molecular weight excluding hydrogens is 370 g/mol. The van der Waals surface area contributed by atoms with Gasteiger partial charge in [0.15, 0.2) is 0 Å². The van der Waals surface area contributed by atoms with E-state index < -0.39 is 0 Å². The zero-order valence-corrected chi connectivity index (χ0v) is 14.9. The van der Waals surface area contributed by atoms with Crippen molar-refractivity contribution in [1.29, 1.82) is 0 Å². The topological polar surface area (TPSA) is 70.2 Å². The van der Waals surface area contributed by atoms with E-state index in [1.165, 1.54) is 0 Å². The van der Waals surface area contributed by atoms with E-state index in [1.807, 2.05) is 35.2 Å². The first-order valence-corrected chi connectivity index (χ1v) is 8.81. The van der Waals surface area contributed by atoms with Gasteiger partial charge in [-0.25, -0.2) is 9.78 Å². The van der Waals surface area contributed by atoms with Crippen LogP contribution in [-0.2, 0) is 6.54 Å². The lowest BCUT2D eigenvalue weighted by Gasteiger charge is -2.32. The Kier molecular flexibility index (Phi) is 5.63. The summed E-state index contributed by atoms with van der Waals surface area (Å²) in [6.45, 7) is 1.94. The largest absolute Gasteiger partial charge is 0.382 e. The van der Waals surface area contributed by atoms with Gasteiger partial charge in [-0.15, -0.1) is 0 Å². The van der Waals surface area contributed by atoms with Gasteiger partial charge in [-0.1, -0.05) is 6.07 Å². The molecule has 3 heterocycles. The molecule has 0 aromatic carbocycles. The SMILES string of the molecule is O=C(NCc1cccc(Br)n1)N1CCC(Nc2ccncc2)CC1. The Morgan fingerprint density at radius 1 is 1.21 bits per heavy atom. The van der Waals surface area contributed by atoms with Gasteiger partial charge < -0.3 is 15.5 Å². The molecule has 2 aromatic heterocycles. The van der Waals surface area contributed by atoms with Crippen LogP contribution in [0.3, 0.4) is 0 Å². The Morgan fingerprint density at radius 3 is 2.67 bits per heavy atom. The van der Waals surface area contributed by atoms with Gasteiger partial charge in [0.2, 0.25) is 0 Å². The van der Waals surface area contributed by atoms with E-state index in [2.05, 4.69) is 36.5 Å². The molecule has 7 heteroatoms. The second-order valence-electron chi connectivity index (χ2n) is 5.75. The van der Waals surface area contributed by atoms with Crippen molar-refractivity contribution in [3.05, 3.63) is 53.0 Å². The van der Waals surface area contributed by atoms with Crippen LogP contribution in [0.1, 0.15) is 18.5 Å². The number of aromatic nitrogens is 2. The number of hydrogen-bond acceptors (Lipinski definition) is 4. The molecule has 2 amide bonds. The fourth-order valence-electron chi connectivity index (χ4n) is 2.74. The highest BCUT2D eigenvalue weighted by Crippen LogP contribution is 2.16. The third kappa shape index (κ3) is 4.67. The predicted octanol–water partition coefficient (Wildman–Crippen LogP) is 3.03. The zero-order valence-electron chi connectivity index (χ0n) is 13.3. The van der Waals surface area contributed by atoms with E-state index in [0.717, 1.165) is 41.9 Å². The predicted molar refractivity (Wildman–Crippen MR) is 96.6 cm³/mol. The van der Waals surface area contributed by atoms with Gasteiger partial charge >= 0.3 is 6.03 Å². The van der Waals surface area contributed by atoms with Crippen molar-refractivity contribution < 1.29 is 4.79 Å². The summed E-state index contributed by atoms with van der Waals surface area (Å²) in [6.07, 6.45) is 5.43. The third-order valence-electron chi connectivity index (χ3n) is 4.03. The maximum Gasteiger partial charge on any atom is 0.317 e. The number of halogens is 1. The van der Waals surface area contributed by atoms with E-state index in [-0.39, 0.29) is 6.03 Å². The number of urea groups is 1. The summed E-state index contributed by atoms with van der Waals surface area (Å²) >= 11 is 3.33. The lowest BCUT2D eigenvalue weighted by Crippen LogP contribution is -2.46. The van der Waals surface area contributed by atoms with Gasteiger partial charge in [-0.3, -0.25) is 4.98 Å². The van der Waals surface area contributed by atoms with E-state index in [0.29, 0.717) is 12.6 Å². The molecule has 6 nitrogen and oxygen atoms in total. The Labute approximate surface area is 149 Å². The van der Waals surface area contributed by atoms with Crippen molar-refractivity contribution in [2.75, 3.05) is 18.4 Å². The molecule has 0 aliphatic carbocycles. The third-order valence-corrected chi connectivity index (χ3v) is 4.47. The van der Waals surface area contributed by atoms with Crippen molar-refractivity contribution in [3.8, 4) is 0 Å². The summed E-state index contributed by atoms with van der Waals surface area (Å²) in [5.41, 5.74) is 1.92. The minimum atomic E-state index is -0.0286. The van der Waals surface area contributed by atoms with Gasteiger partial charge in [-0.05, 0) is 53.0 Å². The van der Waals surface area contributed by atoms with Crippen LogP contribution in [0, 0.1) is 0 Å². The number of carbonyl (C=O) groups excluding carboxylic acids is 1. The van der Waals surface area contributed by atoms with Gasteiger partial charge in [0, 0.05) is 37.2 Å². The van der Waals surface area contributed by atoms with Crippen LogP contribution in [0.4, 0.5) is 10.5 Å². The lowest BCUT2D eigenvalue weighted by atomic mass is 10.1. The first kappa shape index (κ1) is 16.7. The van der Waals surface area contributed by atoms with Crippen LogP contribution in [0.5, 0.6) is 0 Å². The minimum absolute atomic E-state index is 0.0286. The monoisotopic (exact) mass is 389 g/mol. The first-order chi connectivity index (χ1) is 11.7. The standard InChI is InChI=1S/C17H20BrN5O/c18-16-3-1-2-15(22-16)12-20-17(24)23-10-6-14(7-11-23)21-13-4-8-19-9-5-13/h1-5,8-9,14H,6-7,10-12H2,(H,19,21)(H,20,24). The van der Waals surface area contributed by atoms with E-state index in [1.54, 1.807) is 12.4 Å². The number of rotatable bonds is 4. The van der Waals surface area contributed by atoms with Crippen LogP contribution in [-0.4, -0.2) is 40.0 Å². The second-order valence-corrected chi connectivity index (χ2v) is 6.56. The Bertz CT molecular complexity index is 674. The Balaban J connectivity index is 1.43. The number of nitrogens with one attached hydrogen (secondary N) is 2. The van der Waals surface area contributed by atoms with Gasteiger partial charge in [0.25, 0.3) is 0 Å². The molecule has 1 saturated heterocycles. The summed E-state index contributed by atoms with van der Waals surface area (Å²) in [5, 5.41) is 6.43. The molecular formula is C17H20BrN5O. The lowest BCUT2D eigenvalue weighted by molar-refractivity contribution is 0.183. The summed E-state index contributed by atoms with van der Waals surface area (Å²) < 4.78 is 0.775. The smallest absolute Gasteiger partial charge is 0.317 e. The maximum atomic E-state index is 12.3. The molecule has 126 valence electrons. The summed E-state index contributed by atoms with van der Waals surface area (Å²) in [4.78, 5) is 22.5. The maximum absolute atomic E-state index is 12.3. The van der Waals surface area contributed by atoms with Gasteiger partial charge in [0.1, 0.15) is 4.60 Å². The quantitative estimate of drug-likeness (QED) is 0.788. The molecule has 2 aromatic rings. The number of hydrogen-bond donors (Lipinski definition) is 2. The highest BCUT2D eigenvalue weighted by molar-refractivity contribution is 9.10. The zero-order chi connectivity index (χ0) is 16.8. The van der Waals surface area contributed by atoms with Crippen molar-refractivity contribution in [1.82, 2.24) is 20.2 Å². The molecule has 3 rings (SSSR count). The summed E-state index contributed by atoms with van der Waals surface area (Å²) in [6, 6.07) is 9.97. The van der Waals surface area contributed by atoms with E-state index in [4.69, 9.17) is 0 Å². The number of nitrogens with zero attached hydrogens (tertiary/aromatic N) is 3. The number of anilines is 1. The number of pyridine rings is 2. The molecule has 0 spiro atoms. The Morgan fingerprint density at radius 2 is 1.96 bits per heavy atom. The summed E-state index contributed by atoms with van der Waals surface area (Å²) in [5.74, 6) is 0. The molecule has 0 saturated carbocycles. The van der Waals surface area contributed by atoms with Gasteiger partial charge in [-0.2, -0.15) is 0 Å². The van der Waals surface area contributed by atoms with Crippen molar-refractivity contribution >= 4 is 27.6 Å². The molecule has 0 radical (unpaired) electrons. The van der Waals surface area contributed by atoms with Crippen LogP contribution in [0.25, 0.3) is 0 Å².